The molecule has 1 unspecified atom stereocenters. The lowest BCUT2D eigenvalue weighted by atomic mass is 9.68. The summed E-state index contributed by atoms with van der Waals surface area (Å²) in [6.45, 7) is 21.1. The van der Waals surface area contributed by atoms with Gasteiger partial charge in [-0.05, 0) is 52.4 Å². The Morgan fingerprint density at radius 3 is 1.91 bits per heavy atom. The first-order valence-electron chi connectivity index (χ1n) is 8.80. The lowest BCUT2D eigenvalue weighted by Crippen LogP contribution is -2.43. The van der Waals surface area contributed by atoms with Crippen molar-refractivity contribution in [1.82, 2.24) is 5.48 Å². The number of hydrogen-bond donors (Lipinski definition) is 1. The van der Waals surface area contributed by atoms with E-state index in [1.807, 2.05) is 34.6 Å². The third kappa shape index (κ3) is 8.71. The minimum Gasteiger partial charge on any atom is -0.459 e. The standard InChI is InChI=1S/C19H39NO3/c1-14(2)19(10,13-17(5,6)7)16(21)23-18(8,9)11-12-22-20-15(3)4/h14-15,20H,11-13H2,1-10H3. The molecule has 1 N–H and O–H groups in total. The van der Waals surface area contributed by atoms with Crippen molar-refractivity contribution in [2.75, 3.05) is 6.61 Å². The zero-order valence-corrected chi connectivity index (χ0v) is 17.0. The lowest BCUT2D eigenvalue weighted by Gasteiger charge is -2.39. The summed E-state index contributed by atoms with van der Waals surface area (Å²) in [6.07, 6.45) is 1.46. The highest BCUT2D eigenvalue weighted by Gasteiger charge is 2.43. The van der Waals surface area contributed by atoms with E-state index in [0.717, 1.165) is 6.42 Å². The Morgan fingerprint density at radius 2 is 1.52 bits per heavy atom. The number of nitrogens with one attached hydrogen (secondary N) is 1. The van der Waals surface area contributed by atoms with Gasteiger partial charge in [-0.2, -0.15) is 0 Å². The van der Waals surface area contributed by atoms with E-state index in [1.165, 1.54) is 0 Å². The van der Waals surface area contributed by atoms with E-state index in [4.69, 9.17) is 9.57 Å². The molecule has 0 aromatic rings. The van der Waals surface area contributed by atoms with Crippen molar-refractivity contribution in [2.45, 2.75) is 93.7 Å². The van der Waals surface area contributed by atoms with E-state index in [1.54, 1.807) is 0 Å². The molecule has 0 aliphatic rings. The van der Waals surface area contributed by atoms with Gasteiger partial charge in [0, 0.05) is 12.5 Å². The van der Waals surface area contributed by atoms with Crippen molar-refractivity contribution >= 4 is 5.97 Å². The second-order valence-electron chi connectivity index (χ2n) is 9.33. The maximum atomic E-state index is 12.9. The zero-order chi connectivity index (χ0) is 18.5. The number of esters is 1. The molecule has 23 heavy (non-hydrogen) atoms. The molecule has 0 saturated carbocycles. The predicted molar refractivity (Wildman–Crippen MR) is 96.0 cm³/mol. The van der Waals surface area contributed by atoms with Crippen LogP contribution in [0.3, 0.4) is 0 Å². The largest absolute Gasteiger partial charge is 0.459 e. The fourth-order valence-electron chi connectivity index (χ4n) is 2.55. The number of carbonyl (C=O) groups excluding carboxylic acids is 1. The van der Waals surface area contributed by atoms with E-state index in [9.17, 15) is 4.79 Å². The summed E-state index contributed by atoms with van der Waals surface area (Å²) >= 11 is 0. The third-order valence-corrected chi connectivity index (χ3v) is 4.13. The third-order valence-electron chi connectivity index (χ3n) is 4.13. The monoisotopic (exact) mass is 329 g/mol. The van der Waals surface area contributed by atoms with Crippen molar-refractivity contribution in [3.63, 3.8) is 0 Å². The molecule has 0 aliphatic carbocycles. The molecule has 0 spiro atoms. The maximum absolute atomic E-state index is 12.9. The maximum Gasteiger partial charge on any atom is 0.312 e. The van der Waals surface area contributed by atoms with Gasteiger partial charge in [-0.1, -0.05) is 34.6 Å². The molecular weight excluding hydrogens is 290 g/mol. The Kier molecular flexibility index (Phi) is 8.25. The molecule has 4 heteroatoms. The Hall–Kier alpha value is -0.610. The van der Waals surface area contributed by atoms with Crippen LogP contribution in [0.1, 0.15) is 82.1 Å². The van der Waals surface area contributed by atoms with Crippen LogP contribution in [0.15, 0.2) is 0 Å². The summed E-state index contributed by atoms with van der Waals surface area (Å²) < 4.78 is 5.87. The zero-order valence-electron chi connectivity index (χ0n) is 17.0. The number of carbonyl (C=O) groups is 1. The van der Waals surface area contributed by atoms with Crippen LogP contribution in [0.5, 0.6) is 0 Å². The number of hydrogen-bond acceptors (Lipinski definition) is 4. The normalized spacial score (nSPS) is 15.8. The van der Waals surface area contributed by atoms with E-state index < -0.39 is 11.0 Å². The molecule has 0 amide bonds. The van der Waals surface area contributed by atoms with Gasteiger partial charge in [-0.3, -0.25) is 4.79 Å². The average molecular weight is 330 g/mol. The van der Waals surface area contributed by atoms with Gasteiger partial charge in [0.15, 0.2) is 0 Å². The molecule has 1 atom stereocenters. The van der Waals surface area contributed by atoms with E-state index in [-0.39, 0.29) is 23.3 Å². The molecule has 0 aliphatic heterocycles. The molecule has 0 rings (SSSR count). The first-order chi connectivity index (χ1) is 10.2. The summed E-state index contributed by atoms with van der Waals surface area (Å²) in [5.74, 6) is 0.119. The van der Waals surface area contributed by atoms with Gasteiger partial charge in [0.05, 0.1) is 12.0 Å². The molecular formula is C19H39NO3. The van der Waals surface area contributed by atoms with Crippen LogP contribution < -0.4 is 5.48 Å². The van der Waals surface area contributed by atoms with Crippen molar-refractivity contribution in [3.8, 4) is 0 Å². The van der Waals surface area contributed by atoms with Gasteiger partial charge >= 0.3 is 5.97 Å². The van der Waals surface area contributed by atoms with Crippen molar-refractivity contribution in [1.29, 1.82) is 0 Å². The minimum absolute atomic E-state index is 0.0759. The van der Waals surface area contributed by atoms with E-state index >= 15 is 0 Å². The van der Waals surface area contributed by atoms with Crippen molar-refractivity contribution < 1.29 is 14.4 Å². The topological polar surface area (TPSA) is 47.6 Å². The van der Waals surface area contributed by atoms with Gasteiger partial charge in [0.2, 0.25) is 0 Å². The summed E-state index contributed by atoms with van der Waals surface area (Å²) in [6, 6.07) is 0.275. The Morgan fingerprint density at radius 1 is 1.00 bits per heavy atom. The van der Waals surface area contributed by atoms with Crippen LogP contribution in [0.2, 0.25) is 0 Å². The Labute approximate surface area is 143 Å². The fraction of sp³-hybridized carbons (Fsp3) is 0.947. The molecule has 4 nitrogen and oxygen atoms in total. The molecule has 0 bridgehead atoms. The quantitative estimate of drug-likeness (QED) is 0.377. The number of rotatable bonds is 9. The SMILES string of the molecule is CC(C)NOCCC(C)(C)OC(=O)C(C)(CC(C)(C)C)C(C)C. The summed E-state index contributed by atoms with van der Waals surface area (Å²) in [7, 11) is 0. The van der Waals surface area contributed by atoms with Crippen LogP contribution in [0, 0.1) is 16.7 Å². The number of hydroxylamine groups is 1. The molecule has 0 aromatic heterocycles. The van der Waals surface area contributed by atoms with Gasteiger partial charge in [0.1, 0.15) is 5.60 Å². The molecule has 0 heterocycles. The van der Waals surface area contributed by atoms with Gasteiger partial charge < -0.3 is 9.57 Å². The van der Waals surface area contributed by atoms with Crippen LogP contribution in [-0.4, -0.2) is 24.2 Å². The summed E-state index contributed by atoms with van der Waals surface area (Å²) in [4.78, 5) is 18.2. The highest BCUT2D eigenvalue weighted by molar-refractivity contribution is 5.77. The molecule has 138 valence electrons. The molecule has 0 fully saturated rings. The molecule has 0 saturated heterocycles. The van der Waals surface area contributed by atoms with Crippen LogP contribution in [-0.2, 0) is 14.4 Å². The van der Waals surface area contributed by atoms with Crippen LogP contribution >= 0.6 is 0 Å². The average Bonchev–Trinajstić information content (AvgIpc) is 2.31. The van der Waals surface area contributed by atoms with Gasteiger partial charge in [0.25, 0.3) is 0 Å². The lowest BCUT2D eigenvalue weighted by molar-refractivity contribution is -0.175. The highest BCUT2D eigenvalue weighted by Crippen LogP contribution is 2.41. The van der Waals surface area contributed by atoms with Crippen LogP contribution in [0.25, 0.3) is 0 Å². The number of ether oxygens (including phenoxy) is 1. The van der Waals surface area contributed by atoms with Gasteiger partial charge in [-0.15, -0.1) is 0 Å². The first kappa shape index (κ1) is 22.4. The summed E-state index contributed by atoms with van der Waals surface area (Å²) in [5, 5.41) is 0. The Bertz CT molecular complexity index is 369. The fourth-order valence-corrected chi connectivity index (χ4v) is 2.55. The van der Waals surface area contributed by atoms with Gasteiger partial charge in [-0.25, -0.2) is 5.48 Å². The minimum atomic E-state index is -0.538. The molecule has 0 aromatic carbocycles. The van der Waals surface area contributed by atoms with E-state index in [0.29, 0.717) is 13.0 Å². The highest BCUT2D eigenvalue weighted by atomic mass is 16.6. The first-order valence-corrected chi connectivity index (χ1v) is 8.80. The molecule has 0 radical (unpaired) electrons. The smallest absolute Gasteiger partial charge is 0.312 e. The van der Waals surface area contributed by atoms with E-state index in [2.05, 4.69) is 40.1 Å². The van der Waals surface area contributed by atoms with Crippen molar-refractivity contribution in [3.05, 3.63) is 0 Å². The predicted octanol–water partition coefficient (Wildman–Crippen LogP) is 4.73. The van der Waals surface area contributed by atoms with Crippen LogP contribution in [0.4, 0.5) is 0 Å². The second-order valence-corrected chi connectivity index (χ2v) is 9.33. The summed E-state index contributed by atoms with van der Waals surface area (Å²) in [5.41, 5.74) is 1.97. The van der Waals surface area contributed by atoms with Crippen molar-refractivity contribution in [2.24, 2.45) is 16.7 Å². The second kappa shape index (κ2) is 8.48. The Balaban J connectivity index is 4.77.